The van der Waals surface area contributed by atoms with Crippen molar-refractivity contribution in [1.29, 1.82) is 0 Å². The van der Waals surface area contributed by atoms with E-state index >= 15 is 0 Å². The van der Waals surface area contributed by atoms with Crippen LogP contribution in [0.2, 0.25) is 5.02 Å². The summed E-state index contributed by atoms with van der Waals surface area (Å²) in [6.07, 6.45) is 0. The molecule has 0 aliphatic heterocycles. The van der Waals surface area contributed by atoms with Crippen molar-refractivity contribution in [3.8, 4) is 17.3 Å². The second kappa shape index (κ2) is 6.14. The Morgan fingerprint density at radius 2 is 2.00 bits per heavy atom. The Morgan fingerprint density at radius 1 is 1.08 bits per heavy atom. The molecule has 0 saturated heterocycles. The summed E-state index contributed by atoms with van der Waals surface area (Å²) in [5.74, 6) is 1.46. The Bertz CT molecular complexity index is 1010. The molecule has 122 valence electrons. The minimum Gasteiger partial charge on any atom is -0.491 e. The van der Waals surface area contributed by atoms with Crippen LogP contribution in [0, 0.1) is 0 Å². The Labute approximate surface area is 142 Å². The quantitative estimate of drug-likeness (QED) is 0.541. The van der Waals surface area contributed by atoms with Gasteiger partial charge in [0.1, 0.15) is 18.1 Å². The van der Waals surface area contributed by atoms with Crippen LogP contribution in [0.15, 0.2) is 36.4 Å². The van der Waals surface area contributed by atoms with E-state index in [1.54, 1.807) is 7.11 Å². The van der Waals surface area contributed by atoms with E-state index in [4.69, 9.17) is 21.1 Å². The number of hydrogen-bond acceptors (Lipinski definition) is 4. The van der Waals surface area contributed by atoms with E-state index in [0.29, 0.717) is 24.1 Å². The number of rotatable bonds is 5. The zero-order valence-electron chi connectivity index (χ0n) is 13.0. The van der Waals surface area contributed by atoms with Gasteiger partial charge in [-0.3, -0.25) is 5.10 Å². The monoisotopic (exact) mass is 342 g/mol. The highest BCUT2D eigenvalue weighted by molar-refractivity contribution is 6.31. The summed E-state index contributed by atoms with van der Waals surface area (Å²) < 4.78 is 10.6. The van der Waals surface area contributed by atoms with Gasteiger partial charge in [-0.25, -0.2) is 4.98 Å². The molecule has 0 aliphatic carbocycles. The van der Waals surface area contributed by atoms with Crippen LogP contribution in [-0.4, -0.2) is 40.5 Å². The average Bonchev–Trinajstić information content (AvgIpc) is 3.17. The van der Waals surface area contributed by atoms with Crippen LogP contribution in [0.4, 0.5) is 0 Å². The molecule has 0 bridgehead atoms. The van der Waals surface area contributed by atoms with Gasteiger partial charge in [0.05, 0.1) is 23.2 Å². The minimum absolute atomic E-state index is 0.505. The van der Waals surface area contributed by atoms with Gasteiger partial charge in [-0.05, 0) is 30.3 Å². The molecule has 24 heavy (non-hydrogen) atoms. The number of nitrogens with one attached hydrogen (secondary N) is 2. The normalized spacial score (nSPS) is 11.4. The Morgan fingerprint density at radius 3 is 2.88 bits per heavy atom. The highest BCUT2D eigenvalue weighted by Gasteiger charge is 2.13. The molecular formula is C17H15ClN4O2. The molecule has 0 aliphatic rings. The molecule has 2 aromatic carbocycles. The number of imidazole rings is 1. The topological polar surface area (TPSA) is 75.8 Å². The summed E-state index contributed by atoms with van der Waals surface area (Å²) in [5, 5.41) is 8.95. The van der Waals surface area contributed by atoms with Crippen LogP contribution in [-0.2, 0) is 4.74 Å². The molecule has 0 saturated carbocycles. The first-order chi connectivity index (χ1) is 11.7. The molecule has 0 radical (unpaired) electrons. The number of benzene rings is 2. The van der Waals surface area contributed by atoms with Crippen molar-refractivity contribution in [3.63, 3.8) is 0 Å². The molecule has 4 aromatic rings. The van der Waals surface area contributed by atoms with Crippen molar-refractivity contribution in [3.05, 3.63) is 41.4 Å². The molecule has 4 rings (SSSR count). The lowest BCUT2D eigenvalue weighted by Gasteiger charge is -2.04. The Kier molecular flexibility index (Phi) is 3.84. The third-order valence-electron chi connectivity index (χ3n) is 3.76. The van der Waals surface area contributed by atoms with E-state index < -0.39 is 0 Å². The largest absolute Gasteiger partial charge is 0.491 e. The molecule has 7 heteroatoms. The van der Waals surface area contributed by atoms with Gasteiger partial charge in [-0.2, -0.15) is 5.10 Å². The van der Waals surface area contributed by atoms with Crippen LogP contribution in [0.25, 0.3) is 33.5 Å². The molecule has 2 aromatic heterocycles. The third kappa shape index (κ3) is 2.70. The summed E-state index contributed by atoms with van der Waals surface area (Å²) in [7, 11) is 1.65. The molecule has 2 heterocycles. The number of aromatic amines is 2. The van der Waals surface area contributed by atoms with Crippen LogP contribution in [0.5, 0.6) is 5.75 Å². The van der Waals surface area contributed by atoms with Crippen molar-refractivity contribution < 1.29 is 9.47 Å². The van der Waals surface area contributed by atoms with Crippen molar-refractivity contribution >= 4 is 33.5 Å². The van der Waals surface area contributed by atoms with Gasteiger partial charge in [0.2, 0.25) is 0 Å². The molecule has 0 unspecified atom stereocenters. The predicted molar refractivity (Wildman–Crippen MR) is 93.6 cm³/mol. The molecule has 0 fully saturated rings. The van der Waals surface area contributed by atoms with Gasteiger partial charge in [0, 0.05) is 23.6 Å². The lowest BCUT2D eigenvalue weighted by atomic mass is 10.2. The fourth-order valence-corrected chi connectivity index (χ4v) is 2.77. The predicted octanol–water partition coefficient (Wildman–Crippen LogP) is 3.78. The number of methoxy groups -OCH3 is 1. The van der Waals surface area contributed by atoms with E-state index in [9.17, 15) is 0 Å². The number of halogens is 1. The van der Waals surface area contributed by atoms with Crippen LogP contribution >= 0.6 is 11.6 Å². The minimum atomic E-state index is 0.505. The fraction of sp³-hybridized carbons (Fsp3) is 0.176. The summed E-state index contributed by atoms with van der Waals surface area (Å²) in [4.78, 5) is 7.90. The van der Waals surface area contributed by atoms with Gasteiger partial charge in [0.15, 0.2) is 5.82 Å². The number of nitrogens with zero attached hydrogens (tertiary/aromatic N) is 2. The highest BCUT2D eigenvalue weighted by atomic mass is 35.5. The lowest BCUT2D eigenvalue weighted by Crippen LogP contribution is -2.03. The zero-order chi connectivity index (χ0) is 16.5. The van der Waals surface area contributed by atoms with Crippen molar-refractivity contribution in [2.24, 2.45) is 0 Å². The Hall–Kier alpha value is -2.57. The van der Waals surface area contributed by atoms with E-state index in [0.717, 1.165) is 33.4 Å². The van der Waals surface area contributed by atoms with Gasteiger partial charge in [-0.15, -0.1) is 0 Å². The standard InChI is InChI=1S/C17H15ClN4O2/c1-23-6-7-24-11-3-5-14-15(9-11)20-17(19-14)16-12-8-10(18)2-4-13(12)21-22-16/h2-5,8-9H,6-7H2,1H3,(H,19,20)(H,21,22). The van der Waals surface area contributed by atoms with Gasteiger partial charge in [-0.1, -0.05) is 11.6 Å². The third-order valence-corrected chi connectivity index (χ3v) is 3.99. The fourth-order valence-electron chi connectivity index (χ4n) is 2.60. The molecule has 6 nitrogen and oxygen atoms in total. The lowest BCUT2D eigenvalue weighted by molar-refractivity contribution is 0.146. The summed E-state index contributed by atoms with van der Waals surface area (Å²) in [6.45, 7) is 1.05. The van der Waals surface area contributed by atoms with Crippen LogP contribution in [0.1, 0.15) is 0 Å². The van der Waals surface area contributed by atoms with Crippen LogP contribution < -0.4 is 4.74 Å². The second-order valence-electron chi connectivity index (χ2n) is 5.37. The smallest absolute Gasteiger partial charge is 0.159 e. The maximum absolute atomic E-state index is 6.10. The number of aromatic nitrogens is 4. The summed E-state index contributed by atoms with van der Waals surface area (Å²) >= 11 is 6.10. The number of ether oxygens (including phenoxy) is 2. The van der Waals surface area contributed by atoms with Gasteiger partial charge < -0.3 is 14.5 Å². The summed E-state index contributed by atoms with van der Waals surface area (Å²) in [6, 6.07) is 11.3. The maximum atomic E-state index is 6.10. The number of hydrogen-bond donors (Lipinski definition) is 2. The molecule has 2 N–H and O–H groups in total. The molecule has 0 amide bonds. The maximum Gasteiger partial charge on any atom is 0.159 e. The van der Waals surface area contributed by atoms with Crippen molar-refractivity contribution in [2.75, 3.05) is 20.3 Å². The van der Waals surface area contributed by atoms with Crippen molar-refractivity contribution in [1.82, 2.24) is 20.2 Å². The molecule has 0 atom stereocenters. The first kappa shape index (κ1) is 15.0. The second-order valence-corrected chi connectivity index (χ2v) is 5.80. The first-order valence-electron chi connectivity index (χ1n) is 7.50. The highest BCUT2D eigenvalue weighted by Crippen LogP contribution is 2.29. The molecule has 0 spiro atoms. The molecular weight excluding hydrogens is 328 g/mol. The van der Waals surface area contributed by atoms with E-state index in [1.165, 1.54) is 0 Å². The number of fused-ring (bicyclic) bond motifs is 2. The van der Waals surface area contributed by atoms with E-state index in [-0.39, 0.29) is 0 Å². The number of H-pyrrole nitrogens is 2. The van der Waals surface area contributed by atoms with E-state index in [2.05, 4.69) is 20.2 Å². The SMILES string of the molecule is COCCOc1ccc2nc(-c3n[nH]c4ccc(Cl)cc34)[nH]c2c1. The average molecular weight is 343 g/mol. The van der Waals surface area contributed by atoms with Crippen LogP contribution in [0.3, 0.4) is 0 Å². The Balaban J connectivity index is 1.72. The first-order valence-corrected chi connectivity index (χ1v) is 7.88. The van der Waals surface area contributed by atoms with E-state index in [1.807, 2.05) is 36.4 Å². The van der Waals surface area contributed by atoms with Gasteiger partial charge >= 0.3 is 0 Å². The zero-order valence-corrected chi connectivity index (χ0v) is 13.7. The van der Waals surface area contributed by atoms with Gasteiger partial charge in [0.25, 0.3) is 0 Å². The summed E-state index contributed by atoms with van der Waals surface area (Å²) in [5.41, 5.74) is 3.39. The van der Waals surface area contributed by atoms with Crippen molar-refractivity contribution in [2.45, 2.75) is 0 Å².